The van der Waals surface area contributed by atoms with Gasteiger partial charge in [0.15, 0.2) is 0 Å². The van der Waals surface area contributed by atoms with Crippen molar-refractivity contribution in [3.63, 3.8) is 0 Å². The molecular formula is C12H21F2NO. The van der Waals surface area contributed by atoms with Crippen molar-refractivity contribution in [2.45, 2.75) is 39.0 Å². The number of aldehydes is 1. The van der Waals surface area contributed by atoms with Gasteiger partial charge in [0.2, 0.25) is 0 Å². The van der Waals surface area contributed by atoms with Crippen molar-refractivity contribution in [2.75, 3.05) is 20.1 Å². The minimum Gasteiger partial charge on any atom is -0.303 e. The van der Waals surface area contributed by atoms with Crippen molar-refractivity contribution in [3.05, 3.63) is 0 Å². The fourth-order valence-corrected chi connectivity index (χ4v) is 2.83. The molecule has 0 bridgehead atoms. The highest BCUT2D eigenvalue weighted by atomic mass is 19.3. The molecule has 0 heterocycles. The van der Waals surface area contributed by atoms with Crippen molar-refractivity contribution in [1.29, 1.82) is 0 Å². The maximum absolute atomic E-state index is 12.2. The number of rotatable bonds is 5. The molecule has 1 aliphatic carbocycles. The van der Waals surface area contributed by atoms with E-state index in [4.69, 9.17) is 0 Å². The monoisotopic (exact) mass is 233 g/mol. The predicted molar refractivity (Wildman–Crippen MR) is 59.6 cm³/mol. The molecule has 4 heteroatoms. The second kappa shape index (κ2) is 5.71. The van der Waals surface area contributed by atoms with Gasteiger partial charge in [-0.15, -0.1) is 0 Å². The fourth-order valence-electron chi connectivity index (χ4n) is 2.83. The normalized spacial score (nSPS) is 31.0. The van der Waals surface area contributed by atoms with Gasteiger partial charge in [0.25, 0.3) is 6.43 Å². The standard InChI is InChI=1S/C12H21F2NO/c1-10-4-3-5-12(6-10,9-16)8-15(2)7-11(13)14/h9-11H,3-8H2,1-2H3. The van der Waals surface area contributed by atoms with E-state index < -0.39 is 6.43 Å². The Morgan fingerprint density at radius 1 is 1.56 bits per heavy atom. The zero-order valence-electron chi connectivity index (χ0n) is 10.1. The first-order valence-corrected chi connectivity index (χ1v) is 5.90. The first-order valence-electron chi connectivity index (χ1n) is 5.90. The zero-order valence-corrected chi connectivity index (χ0v) is 10.1. The highest BCUT2D eigenvalue weighted by Gasteiger charge is 2.35. The fraction of sp³-hybridized carbons (Fsp3) is 0.917. The van der Waals surface area contributed by atoms with Gasteiger partial charge in [-0.2, -0.15) is 0 Å². The number of carbonyl (C=O) groups is 1. The van der Waals surface area contributed by atoms with Gasteiger partial charge >= 0.3 is 0 Å². The molecule has 2 nitrogen and oxygen atoms in total. The molecule has 2 atom stereocenters. The molecule has 1 saturated carbocycles. The van der Waals surface area contributed by atoms with E-state index in [0.717, 1.165) is 32.0 Å². The lowest BCUT2D eigenvalue weighted by Gasteiger charge is -2.38. The summed E-state index contributed by atoms with van der Waals surface area (Å²) in [6.07, 6.45) is 2.52. The van der Waals surface area contributed by atoms with Crippen molar-refractivity contribution in [2.24, 2.45) is 11.3 Å². The SMILES string of the molecule is CC1CCCC(C=O)(CN(C)CC(F)F)C1. The summed E-state index contributed by atoms with van der Waals surface area (Å²) in [7, 11) is 1.66. The molecule has 16 heavy (non-hydrogen) atoms. The molecule has 0 aromatic carbocycles. The molecule has 0 aromatic heterocycles. The highest BCUT2D eigenvalue weighted by Crippen LogP contribution is 2.38. The first-order chi connectivity index (χ1) is 7.47. The Morgan fingerprint density at radius 3 is 2.75 bits per heavy atom. The molecule has 94 valence electrons. The molecule has 0 spiro atoms. The van der Waals surface area contributed by atoms with Crippen LogP contribution in [0.5, 0.6) is 0 Å². The second-order valence-corrected chi connectivity index (χ2v) is 5.27. The predicted octanol–water partition coefficient (Wildman–Crippen LogP) is 2.58. The van der Waals surface area contributed by atoms with Crippen molar-refractivity contribution < 1.29 is 13.6 Å². The Morgan fingerprint density at radius 2 is 2.25 bits per heavy atom. The van der Waals surface area contributed by atoms with E-state index in [1.54, 1.807) is 11.9 Å². The van der Waals surface area contributed by atoms with E-state index in [2.05, 4.69) is 6.92 Å². The highest BCUT2D eigenvalue weighted by molar-refractivity contribution is 5.60. The summed E-state index contributed by atoms with van der Waals surface area (Å²) >= 11 is 0. The third kappa shape index (κ3) is 3.81. The summed E-state index contributed by atoms with van der Waals surface area (Å²) in [4.78, 5) is 12.8. The lowest BCUT2D eigenvalue weighted by Crippen LogP contribution is -2.41. The van der Waals surface area contributed by atoms with Crippen molar-refractivity contribution in [3.8, 4) is 0 Å². The number of nitrogens with zero attached hydrogens (tertiary/aromatic N) is 1. The Bertz CT molecular complexity index is 235. The number of halogens is 2. The van der Waals surface area contributed by atoms with Gasteiger partial charge in [0.1, 0.15) is 6.29 Å². The molecule has 1 fully saturated rings. The van der Waals surface area contributed by atoms with Crippen LogP contribution in [0.4, 0.5) is 8.78 Å². The van der Waals surface area contributed by atoms with Crippen LogP contribution >= 0.6 is 0 Å². The summed E-state index contributed by atoms with van der Waals surface area (Å²) in [5.74, 6) is 0.527. The largest absolute Gasteiger partial charge is 0.303 e. The smallest absolute Gasteiger partial charge is 0.251 e. The number of hydrogen-bond acceptors (Lipinski definition) is 2. The minimum atomic E-state index is -2.32. The van der Waals surface area contributed by atoms with Crippen LogP contribution in [-0.2, 0) is 4.79 Å². The summed E-state index contributed by atoms with van der Waals surface area (Å²) in [6, 6.07) is 0. The van der Waals surface area contributed by atoms with Crippen LogP contribution in [0.15, 0.2) is 0 Å². The Balaban J connectivity index is 2.55. The van der Waals surface area contributed by atoms with Crippen LogP contribution in [0.2, 0.25) is 0 Å². The van der Waals surface area contributed by atoms with Crippen LogP contribution in [0, 0.1) is 11.3 Å². The van der Waals surface area contributed by atoms with Gasteiger partial charge in [-0.3, -0.25) is 4.90 Å². The quantitative estimate of drug-likeness (QED) is 0.680. The minimum absolute atomic E-state index is 0.246. The van der Waals surface area contributed by atoms with E-state index in [9.17, 15) is 13.6 Å². The molecule has 0 N–H and O–H groups in total. The number of hydrogen-bond donors (Lipinski definition) is 0. The van der Waals surface area contributed by atoms with E-state index in [0.29, 0.717) is 12.5 Å². The third-order valence-corrected chi connectivity index (χ3v) is 3.41. The second-order valence-electron chi connectivity index (χ2n) is 5.27. The molecule has 1 aliphatic rings. The Labute approximate surface area is 96.0 Å². The average molecular weight is 233 g/mol. The number of alkyl halides is 2. The molecule has 1 rings (SSSR count). The van der Waals surface area contributed by atoms with E-state index >= 15 is 0 Å². The van der Waals surface area contributed by atoms with Crippen LogP contribution in [0.1, 0.15) is 32.6 Å². The maximum Gasteiger partial charge on any atom is 0.251 e. The Hall–Kier alpha value is -0.510. The van der Waals surface area contributed by atoms with Crippen molar-refractivity contribution >= 4 is 6.29 Å². The lowest BCUT2D eigenvalue weighted by atomic mass is 9.71. The summed E-state index contributed by atoms with van der Waals surface area (Å²) < 4.78 is 24.4. The third-order valence-electron chi connectivity index (χ3n) is 3.41. The Kier molecular flexibility index (Phi) is 4.84. The number of carbonyl (C=O) groups excluding carboxylic acids is 1. The van der Waals surface area contributed by atoms with Gasteiger partial charge in [-0.05, 0) is 25.8 Å². The summed E-state index contributed by atoms with van der Waals surface area (Å²) in [5.41, 5.74) is -0.388. The maximum atomic E-state index is 12.2. The van der Waals surface area contributed by atoms with Crippen LogP contribution in [0.3, 0.4) is 0 Å². The summed E-state index contributed by atoms with van der Waals surface area (Å²) in [6.45, 7) is 2.35. The topological polar surface area (TPSA) is 20.3 Å². The lowest BCUT2D eigenvalue weighted by molar-refractivity contribution is -0.120. The van der Waals surface area contributed by atoms with E-state index in [1.165, 1.54) is 0 Å². The molecule has 0 aromatic rings. The van der Waals surface area contributed by atoms with Gasteiger partial charge in [-0.1, -0.05) is 19.8 Å². The summed E-state index contributed by atoms with van der Waals surface area (Å²) in [5, 5.41) is 0. The molecular weight excluding hydrogens is 212 g/mol. The van der Waals surface area contributed by atoms with Gasteiger partial charge in [0, 0.05) is 12.0 Å². The molecule has 0 amide bonds. The van der Waals surface area contributed by atoms with E-state index in [1.807, 2.05) is 0 Å². The zero-order chi connectivity index (χ0) is 12.2. The van der Waals surface area contributed by atoms with E-state index in [-0.39, 0.29) is 12.0 Å². The molecule has 0 aliphatic heterocycles. The van der Waals surface area contributed by atoms with Crippen molar-refractivity contribution in [1.82, 2.24) is 4.90 Å². The van der Waals surface area contributed by atoms with Crippen LogP contribution in [-0.4, -0.2) is 37.7 Å². The van der Waals surface area contributed by atoms with Gasteiger partial charge in [-0.25, -0.2) is 8.78 Å². The van der Waals surface area contributed by atoms with Crippen LogP contribution in [0.25, 0.3) is 0 Å². The molecule has 2 unspecified atom stereocenters. The molecule has 0 radical (unpaired) electrons. The molecule has 0 saturated heterocycles. The average Bonchev–Trinajstić information content (AvgIpc) is 2.16. The van der Waals surface area contributed by atoms with Crippen LogP contribution < -0.4 is 0 Å². The van der Waals surface area contributed by atoms with Gasteiger partial charge in [0.05, 0.1) is 6.54 Å². The first kappa shape index (κ1) is 13.6. The van der Waals surface area contributed by atoms with Gasteiger partial charge < -0.3 is 4.79 Å².